The molecule has 1 aromatic rings. The highest BCUT2D eigenvalue weighted by molar-refractivity contribution is 9.10. The summed E-state index contributed by atoms with van der Waals surface area (Å²) < 4.78 is 6.58. The number of pyridine rings is 1. The van der Waals surface area contributed by atoms with Crippen LogP contribution in [-0.4, -0.2) is 30.8 Å². The number of likely N-dealkylation sites (N-methyl/N-ethyl adjacent to an activating group) is 1. The predicted molar refractivity (Wildman–Crippen MR) is 64.2 cm³/mol. The zero-order valence-corrected chi connectivity index (χ0v) is 10.6. The number of ether oxygens (including phenoxy) is 1. The molecule has 0 amide bonds. The molecule has 0 aromatic carbocycles. The van der Waals surface area contributed by atoms with Gasteiger partial charge in [-0.05, 0) is 35.3 Å². The van der Waals surface area contributed by atoms with Crippen LogP contribution >= 0.6 is 15.9 Å². The van der Waals surface area contributed by atoms with Gasteiger partial charge in [0.05, 0.1) is 24.0 Å². The molecular weight excluding hydrogens is 256 g/mol. The second kappa shape index (κ2) is 4.49. The molecule has 0 radical (unpaired) electrons. The van der Waals surface area contributed by atoms with Crippen LogP contribution < -0.4 is 4.90 Å². The first-order valence-corrected chi connectivity index (χ1v) is 5.93. The van der Waals surface area contributed by atoms with Crippen molar-refractivity contribution in [1.29, 1.82) is 0 Å². The molecule has 2 atom stereocenters. The summed E-state index contributed by atoms with van der Waals surface area (Å²) in [5.41, 5.74) is 1.13. The van der Waals surface area contributed by atoms with Crippen molar-refractivity contribution in [2.45, 2.75) is 25.5 Å². The minimum atomic E-state index is 0.300. The van der Waals surface area contributed by atoms with Gasteiger partial charge in [0.15, 0.2) is 0 Å². The lowest BCUT2D eigenvalue weighted by Crippen LogP contribution is -2.36. The third-order valence-corrected chi connectivity index (χ3v) is 3.37. The lowest BCUT2D eigenvalue weighted by atomic mass is 10.1. The first-order valence-electron chi connectivity index (χ1n) is 5.13. The number of hydrogen-bond donors (Lipinski definition) is 0. The van der Waals surface area contributed by atoms with Gasteiger partial charge in [0.1, 0.15) is 0 Å². The van der Waals surface area contributed by atoms with Gasteiger partial charge in [0, 0.05) is 24.3 Å². The maximum atomic E-state index is 5.56. The Bertz CT molecular complexity index is 345. The van der Waals surface area contributed by atoms with Crippen molar-refractivity contribution in [2.75, 3.05) is 18.6 Å². The summed E-state index contributed by atoms with van der Waals surface area (Å²) in [6.07, 6.45) is 5.07. The Balaban J connectivity index is 2.16. The summed E-state index contributed by atoms with van der Waals surface area (Å²) in [6.45, 7) is 2.98. The minimum absolute atomic E-state index is 0.300. The lowest BCUT2D eigenvalue weighted by molar-refractivity contribution is 0.118. The van der Waals surface area contributed by atoms with Gasteiger partial charge in [0.2, 0.25) is 0 Å². The van der Waals surface area contributed by atoms with Crippen molar-refractivity contribution < 1.29 is 4.74 Å². The smallest absolute Gasteiger partial charge is 0.0750 e. The number of halogens is 1. The van der Waals surface area contributed by atoms with Crippen LogP contribution in [0, 0.1) is 0 Å². The fraction of sp³-hybridized carbons (Fsp3) is 0.545. The Kier molecular flexibility index (Phi) is 3.26. The van der Waals surface area contributed by atoms with Gasteiger partial charge in [-0.1, -0.05) is 0 Å². The van der Waals surface area contributed by atoms with Crippen LogP contribution in [0.3, 0.4) is 0 Å². The van der Waals surface area contributed by atoms with E-state index < -0.39 is 0 Å². The monoisotopic (exact) mass is 270 g/mol. The third kappa shape index (κ3) is 2.32. The van der Waals surface area contributed by atoms with Gasteiger partial charge in [-0.2, -0.15) is 0 Å². The minimum Gasteiger partial charge on any atom is -0.376 e. The zero-order valence-electron chi connectivity index (χ0n) is 8.98. The summed E-state index contributed by atoms with van der Waals surface area (Å²) >= 11 is 3.43. The third-order valence-electron chi connectivity index (χ3n) is 2.93. The first-order chi connectivity index (χ1) is 7.18. The van der Waals surface area contributed by atoms with Gasteiger partial charge < -0.3 is 9.64 Å². The van der Waals surface area contributed by atoms with Crippen molar-refractivity contribution in [2.24, 2.45) is 0 Å². The quantitative estimate of drug-likeness (QED) is 0.826. The van der Waals surface area contributed by atoms with E-state index in [4.69, 9.17) is 4.74 Å². The number of aromatic nitrogens is 1. The average Bonchev–Trinajstić information content (AvgIpc) is 2.63. The summed E-state index contributed by atoms with van der Waals surface area (Å²) in [5.74, 6) is 0. The van der Waals surface area contributed by atoms with Gasteiger partial charge in [0.25, 0.3) is 0 Å². The van der Waals surface area contributed by atoms with E-state index in [-0.39, 0.29) is 0 Å². The van der Waals surface area contributed by atoms with Gasteiger partial charge in [-0.15, -0.1) is 0 Å². The Morgan fingerprint density at radius 3 is 2.93 bits per heavy atom. The fourth-order valence-electron chi connectivity index (χ4n) is 2.01. The SMILES string of the molecule is CC1OCCC1N(C)c1cncc(Br)c1. The molecule has 15 heavy (non-hydrogen) atoms. The Hall–Kier alpha value is -0.610. The number of rotatable bonds is 2. The largest absolute Gasteiger partial charge is 0.376 e. The number of nitrogens with zero attached hydrogens (tertiary/aromatic N) is 2. The highest BCUT2D eigenvalue weighted by Crippen LogP contribution is 2.25. The molecule has 0 spiro atoms. The topological polar surface area (TPSA) is 25.4 Å². The molecule has 2 unspecified atom stereocenters. The van der Waals surface area contributed by atoms with Crippen molar-refractivity contribution in [3.8, 4) is 0 Å². The summed E-state index contributed by atoms with van der Waals surface area (Å²) in [6, 6.07) is 2.54. The second-order valence-corrected chi connectivity index (χ2v) is 4.82. The molecule has 0 bridgehead atoms. The van der Waals surface area contributed by atoms with Crippen LogP contribution in [0.15, 0.2) is 22.9 Å². The van der Waals surface area contributed by atoms with Gasteiger partial charge >= 0.3 is 0 Å². The second-order valence-electron chi connectivity index (χ2n) is 3.90. The van der Waals surface area contributed by atoms with E-state index in [0.29, 0.717) is 12.1 Å². The van der Waals surface area contributed by atoms with E-state index in [1.54, 1.807) is 6.20 Å². The van der Waals surface area contributed by atoms with Crippen LogP contribution in [0.25, 0.3) is 0 Å². The Labute approximate surface area is 98.6 Å². The maximum Gasteiger partial charge on any atom is 0.0750 e. The van der Waals surface area contributed by atoms with Gasteiger partial charge in [-0.3, -0.25) is 4.98 Å². The molecule has 1 aliphatic rings. The summed E-state index contributed by atoms with van der Waals surface area (Å²) in [7, 11) is 2.10. The van der Waals surface area contributed by atoms with E-state index in [1.807, 2.05) is 6.20 Å². The highest BCUT2D eigenvalue weighted by atomic mass is 79.9. The standard InChI is InChI=1S/C11H15BrN2O/c1-8-11(3-4-15-8)14(2)10-5-9(12)6-13-7-10/h5-8,11H,3-4H2,1-2H3. The molecule has 0 aliphatic carbocycles. The number of anilines is 1. The van der Waals surface area contributed by atoms with Crippen molar-refractivity contribution >= 4 is 21.6 Å². The van der Waals surface area contributed by atoms with E-state index in [9.17, 15) is 0 Å². The molecule has 4 heteroatoms. The fourth-order valence-corrected chi connectivity index (χ4v) is 2.37. The lowest BCUT2D eigenvalue weighted by Gasteiger charge is -2.28. The van der Waals surface area contributed by atoms with Crippen molar-refractivity contribution in [3.63, 3.8) is 0 Å². The van der Waals surface area contributed by atoms with Crippen LogP contribution in [-0.2, 0) is 4.74 Å². The van der Waals surface area contributed by atoms with Crippen LogP contribution in [0.5, 0.6) is 0 Å². The highest BCUT2D eigenvalue weighted by Gasteiger charge is 2.28. The number of hydrogen-bond acceptors (Lipinski definition) is 3. The molecule has 82 valence electrons. The molecular formula is C11H15BrN2O. The van der Waals surface area contributed by atoms with E-state index in [0.717, 1.165) is 23.2 Å². The molecule has 2 heterocycles. The maximum absolute atomic E-state index is 5.56. The first kappa shape index (κ1) is 10.9. The van der Waals surface area contributed by atoms with Crippen LogP contribution in [0.2, 0.25) is 0 Å². The predicted octanol–water partition coefficient (Wildman–Crippen LogP) is 2.46. The molecule has 1 fully saturated rings. The van der Waals surface area contributed by atoms with E-state index in [2.05, 4.69) is 45.9 Å². The summed E-state index contributed by atoms with van der Waals surface area (Å²) in [4.78, 5) is 6.42. The van der Waals surface area contributed by atoms with Crippen molar-refractivity contribution in [3.05, 3.63) is 22.9 Å². The molecule has 0 saturated carbocycles. The molecule has 1 aromatic heterocycles. The average molecular weight is 271 g/mol. The normalized spacial score (nSPS) is 25.5. The molecule has 2 rings (SSSR count). The Morgan fingerprint density at radius 2 is 2.33 bits per heavy atom. The van der Waals surface area contributed by atoms with Crippen molar-refractivity contribution in [1.82, 2.24) is 4.98 Å². The van der Waals surface area contributed by atoms with Crippen LogP contribution in [0.4, 0.5) is 5.69 Å². The summed E-state index contributed by atoms with van der Waals surface area (Å²) in [5, 5.41) is 0. The molecule has 3 nitrogen and oxygen atoms in total. The zero-order chi connectivity index (χ0) is 10.8. The Morgan fingerprint density at radius 1 is 1.53 bits per heavy atom. The van der Waals surface area contributed by atoms with E-state index >= 15 is 0 Å². The molecule has 1 saturated heterocycles. The van der Waals surface area contributed by atoms with Gasteiger partial charge in [-0.25, -0.2) is 0 Å². The molecule has 1 aliphatic heterocycles. The van der Waals surface area contributed by atoms with Crippen LogP contribution in [0.1, 0.15) is 13.3 Å². The molecule has 0 N–H and O–H groups in total. The van der Waals surface area contributed by atoms with E-state index in [1.165, 1.54) is 0 Å².